The van der Waals surface area contributed by atoms with Gasteiger partial charge in [-0.15, -0.1) is 21.6 Å². The van der Waals surface area contributed by atoms with E-state index in [-0.39, 0.29) is 17.4 Å². The molecule has 0 saturated carbocycles. The molecule has 5 aromatic rings. The van der Waals surface area contributed by atoms with Gasteiger partial charge in [0.15, 0.2) is 5.69 Å². The number of nitrogens with zero attached hydrogens (tertiary/aromatic N) is 4. The third kappa shape index (κ3) is 3.85. The minimum absolute atomic E-state index is 0.0276. The largest absolute Gasteiger partial charge is 0.493 e. The van der Waals surface area contributed by atoms with E-state index >= 15 is 4.39 Å². The number of halogens is 2. The lowest BCUT2D eigenvalue weighted by molar-refractivity contribution is 0.236. The van der Waals surface area contributed by atoms with Gasteiger partial charge in [0.1, 0.15) is 5.82 Å². The van der Waals surface area contributed by atoms with E-state index in [1.54, 1.807) is 6.07 Å². The van der Waals surface area contributed by atoms with E-state index in [0.29, 0.717) is 22.0 Å². The molecule has 6 rings (SSSR count). The Hall–Kier alpha value is -3.55. The minimum atomic E-state index is -0.464. The summed E-state index contributed by atoms with van der Waals surface area (Å²) in [6, 6.07) is 20.5. The quantitative estimate of drug-likeness (QED) is 0.235. The molecule has 2 aromatic heterocycles. The van der Waals surface area contributed by atoms with Crippen molar-refractivity contribution < 1.29 is 9.50 Å². The fraction of sp³-hybridized carbons (Fsp3) is 0.207. The number of aromatic hydroxyl groups is 1. The van der Waals surface area contributed by atoms with Gasteiger partial charge in [0.05, 0.1) is 11.2 Å². The van der Waals surface area contributed by atoms with Gasteiger partial charge in [-0.1, -0.05) is 61.0 Å². The Bertz CT molecular complexity index is 1670. The van der Waals surface area contributed by atoms with Gasteiger partial charge >= 0.3 is 0 Å². The van der Waals surface area contributed by atoms with E-state index in [0.717, 1.165) is 27.9 Å². The fourth-order valence-electron chi connectivity index (χ4n) is 5.72. The van der Waals surface area contributed by atoms with Crippen molar-refractivity contribution >= 4 is 44.7 Å². The maximum absolute atomic E-state index is 15.1. The SMILES string of the molecule is CC1(c2ccccc2)CC(C)(C)n2c(O)c(N=Nc3nc(-c4ccc(Cl)cc4)cs3)c3cc(F)cc1c32. The van der Waals surface area contributed by atoms with Crippen LogP contribution in [0.1, 0.15) is 38.3 Å². The molecule has 37 heavy (non-hydrogen) atoms. The van der Waals surface area contributed by atoms with Gasteiger partial charge in [0.25, 0.3) is 0 Å². The summed E-state index contributed by atoms with van der Waals surface area (Å²) in [6.07, 6.45) is 0.672. The fourth-order valence-corrected chi connectivity index (χ4v) is 6.49. The Morgan fingerprint density at radius 1 is 1.03 bits per heavy atom. The van der Waals surface area contributed by atoms with E-state index in [4.69, 9.17) is 11.6 Å². The van der Waals surface area contributed by atoms with Crippen LogP contribution in [0.2, 0.25) is 5.02 Å². The molecule has 0 saturated heterocycles. The number of rotatable bonds is 4. The Kier molecular flexibility index (Phi) is 5.47. The first-order chi connectivity index (χ1) is 17.7. The third-order valence-electron chi connectivity index (χ3n) is 7.24. The summed E-state index contributed by atoms with van der Waals surface area (Å²) in [5, 5.41) is 23.6. The molecule has 1 aliphatic heterocycles. The molecule has 1 N–H and O–H groups in total. The lowest BCUT2D eigenvalue weighted by atomic mass is 9.66. The van der Waals surface area contributed by atoms with Crippen molar-refractivity contribution in [3.8, 4) is 17.1 Å². The average Bonchev–Trinajstić information content (AvgIpc) is 3.45. The standard InChI is InChI=1S/C29H24ClFN4OS/c1-28(2)16-29(3,18-7-5-4-6-8-18)22-14-20(31)13-21-24(26(36)35(28)25(21)22)33-34-27-32-23(15-37-27)17-9-11-19(30)12-10-17/h4-15,36H,16H2,1-3H3. The molecule has 0 fully saturated rings. The highest BCUT2D eigenvalue weighted by atomic mass is 35.5. The number of aromatic nitrogens is 2. The van der Waals surface area contributed by atoms with Gasteiger partial charge in [0.2, 0.25) is 11.0 Å². The van der Waals surface area contributed by atoms with Crippen molar-refractivity contribution in [1.82, 2.24) is 9.55 Å². The predicted molar refractivity (Wildman–Crippen MR) is 147 cm³/mol. The summed E-state index contributed by atoms with van der Waals surface area (Å²) in [5.74, 6) is -0.405. The summed E-state index contributed by atoms with van der Waals surface area (Å²) in [4.78, 5) is 4.55. The normalized spacial score (nSPS) is 18.6. The van der Waals surface area contributed by atoms with Crippen LogP contribution in [0.25, 0.3) is 22.2 Å². The summed E-state index contributed by atoms with van der Waals surface area (Å²) < 4.78 is 17.0. The van der Waals surface area contributed by atoms with Crippen molar-refractivity contribution in [2.45, 2.75) is 38.1 Å². The first-order valence-corrected chi connectivity index (χ1v) is 13.2. The van der Waals surface area contributed by atoms with Crippen LogP contribution in [0.15, 0.2) is 82.3 Å². The molecule has 0 spiro atoms. The van der Waals surface area contributed by atoms with E-state index in [9.17, 15) is 5.11 Å². The minimum Gasteiger partial charge on any atom is -0.493 e. The van der Waals surface area contributed by atoms with Crippen LogP contribution in [0.3, 0.4) is 0 Å². The van der Waals surface area contributed by atoms with E-state index < -0.39 is 11.0 Å². The van der Waals surface area contributed by atoms with Gasteiger partial charge in [-0.05, 0) is 55.7 Å². The van der Waals surface area contributed by atoms with Crippen LogP contribution < -0.4 is 0 Å². The molecule has 0 radical (unpaired) electrons. The molecule has 1 aliphatic rings. The Morgan fingerprint density at radius 3 is 2.49 bits per heavy atom. The van der Waals surface area contributed by atoms with Crippen molar-refractivity contribution in [2.75, 3.05) is 0 Å². The van der Waals surface area contributed by atoms with Crippen molar-refractivity contribution in [2.24, 2.45) is 10.2 Å². The van der Waals surface area contributed by atoms with Crippen LogP contribution in [0.4, 0.5) is 15.2 Å². The van der Waals surface area contributed by atoms with E-state index in [1.807, 2.05) is 52.4 Å². The molecule has 3 aromatic carbocycles. The first kappa shape index (κ1) is 23.8. The average molecular weight is 531 g/mol. The molecular formula is C29H24ClFN4OS. The molecular weight excluding hydrogens is 507 g/mol. The van der Waals surface area contributed by atoms with Crippen LogP contribution >= 0.6 is 22.9 Å². The third-order valence-corrected chi connectivity index (χ3v) is 8.22. The number of hydrogen-bond donors (Lipinski definition) is 1. The zero-order valence-corrected chi connectivity index (χ0v) is 22.1. The highest BCUT2D eigenvalue weighted by molar-refractivity contribution is 7.13. The zero-order valence-electron chi connectivity index (χ0n) is 20.5. The maximum Gasteiger partial charge on any atom is 0.230 e. The molecule has 0 bridgehead atoms. The summed E-state index contributed by atoms with van der Waals surface area (Å²) in [6.45, 7) is 6.31. The van der Waals surface area contributed by atoms with Gasteiger partial charge in [-0.25, -0.2) is 9.37 Å². The second kappa shape index (κ2) is 8.50. The lowest BCUT2D eigenvalue weighted by Gasteiger charge is -2.45. The Balaban J connectivity index is 1.49. The highest BCUT2D eigenvalue weighted by Gasteiger charge is 2.45. The second-order valence-electron chi connectivity index (χ2n) is 10.3. The lowest BCUT2D eigenvalue weighted by Crippen LogP contribution is -2.41. The molecule has 5 nitrogen and oxygen atoms in total. The van der Waals surface area contributed by atoms with E-state index in [1.165, 1.54) is 17.4 Å². The summed E-state index contributed by atoms with van der Waals surface area (Å²) in [5.41, 5.74) is 3.69. The molecule has 1 atom stereocenters. The zero-order chi connectivity index (χ0) is 25.9. The van der Waals surface area contributed by atoms with Crippen molar-refractivity contribution in [3.63, 3.8) is 0 Å². The Morgan fingerprint density at radius 2 is 1.76 bits per heavy atom. The Labute approximate surface area is 222 Å². The molecule has 3 heterocycles. The summed E-state index contributed by atoms with van der Waals surface area (Å²) in [7, 11) is 0. The molecule has 8 heteroatoms. The molecule has 186 valence electrons. The topological polar surface area (TPSA) is 62.8 Å². The van der Waals surface area contributed by atoms with Crippen LogP contribution in [0, 0.1) is 5.82 Å². The van der Waals surface area contributed by atoms with Gasteiger partial charge in [-0.3, -0.25) is 0 Å². The van der Waals surface area contributed by atoms with Gasteiger partial charge < -0.3 is 9.67 Å². The smallest absolute Gasteiger partial charge is 0.230 e. The molecule has 0 aliphatic carbocycles. The van der Waals surface area contributed by atoms with Gasteiger partial charge in [-0.2, -0.15) is 0 Å². The van der Waals surface area contributed by atoms with E-state index in [2.05, 4.69) is 48.1 Å². The molecule has 1 unspecified atom stereocenters. The summed E-state index contributed by atoms with van der Waals surface area (Å²) >= 11 is 7.33. The molecule has 0 amide bonds. The number of azo groups is 1. The van der Waals surface area contributed by atoms with Gasteiger partial charge in [0, 0.05) is 32.3 Å². The van der Waals surface area contributed by atoms with Crippen molar-refractivity contribution in [3.05, 3.63) is 94.1 Å². The predicted octanol–water partition coefficient (Wildman–Crippen LogP) is 9.12. The van der Waals surface area contributed by atoms with Crippen molar-refractivity contribution in [1.29, 1.82) is 0 Å². The number of thiazole rings is 1. The van der Waals surface area contributed by atoms with Crippen LogP contribution in [-0.4, -0.2) is 14.7 Å². The van der Waals surface area contributed by atoms with Crippen LogP contribution in [0.5, 0.6) is 5.88 Å². The maximum atomic E-state index is 15.1. The first-order valence-electron chi connectivity index (χ1n) is 11.9. The highest BCUT2D eigenvalue weighted by Crippen LogP contribution is 2.55. The number of benzene rings is 3. The van der Waals surface area contributed by atoms with Crippen LogP contribution in [-0.2, 0) is 11.0 Å². The second-order valence-corrected chi connectivity index (χ2v) is 11.5. The monoisotopic (exact) mass is 530 g/mol. The number of hydrogen-bond acceptors (Lipinski definition) is 5.